The Labute approximate surface area is 87.8 Å². The highest BCUT2D eigenvalue weighted by Crippen LogP contribution is 2.16. The summed E-state index contributed by atoms with van der Waals surface area (Å²) < 4.78 is 6.78. The van der Waals surface area contributed by atoms with E-state index < -0.39 is 0 Å². The highest BCUT2D eigenvalue weighted by Gasteiger charge is 2.17. The van der Waals surface area contributed by atoms with Crippen molar-refractivity contribution in [2.45, 2.75) is 25.4 Å². The quantitative estimate of drug-likeness (QED) is 0.749. The molecule has 0 radical (unpaired) electrons. The summed E-state index contributed by atoms with van der Waals surface area (Å²) in [5.74, 6) is 0. The number of ether oxygens (including phenoxy) is 1. The molecule has 1 saturated heterocycles. The highest BCUT2D eigenvalue weighted by atomic mass is 16.5. The molecule has 2 heterocycles. The Morgan fingerprint density at radius 1 is 1.73 bits per heavy atom. The molecule has 5 nitrogen and oxygen atoms in total. The topological polar surface area (TPSA) is 70.1 Å². The lowest BCUT2D eigenvalue weighted by atomic mass is 10.1. The van der Waals surface area contributed by atoms with Gasteiger partial charge >= 0.3 is 0 Å². The van der Waals surface area contributed by atoms with Gasteiger partial charge in [-0.2, -0.15) is 5.10 Å². The molecule has 0 amide bonds. The number of rotatable bonds is 2. The van der Waals surface area contributed by atoms with Crippen LogP contribution in [-0.4, -0.2) is 22.5 Å². The van der Waals surface area contributed by atoms with E-state index in [-0.39, 0.29) is 17.4 Å². The molecular weight excluding hydrogens is 194 g/mol. The van der Waals surface area contributed by atoms with Gasteiger partial charge in [0.1, 0.15) is 5.69 Å². The third-order valence-corrected chi connectivity index (χ3v) is 2.60. The minimum atomic E-state index is -0.244. The molecule has 0 aliphatic carbocycles. The smallest absolute Gasteiger partial charge is 0.289 e. The second-order valence-corrected chi connectivity index (χ2v) is 3.86. The largest absolute Gasteiger partial charge is 0.394 e. The normalized spacial score (nSPS) is 20.7. The molecule has 1 aliphatic rings. The first-order valence-corrected chi connectivity index (χ1v) is 5.11. The zero-order valence-electron chi connectivity index (χ0n) is 8.77. The van der Waals surface area contributed by atoms with Crippen LogP contribution in [0.1, 0.15) is 18.5 Å². The van der Waals surface area contributed by atoms with Crippen LogP contribution in [0.5, 0.6) is 0 Å². The van der Waals surface area contributed by atoms with Crippen molar-refractivity contribution in [2.75, 3.05) is 12.3 Å². The maximum atomic E-state index is 11.3. The maximum absolute atomic E-state index is 11.3. The van der Waals surface area contributed by atoms with Crippen LogP contribution in [0.25, 0.3) is 0 Å². The molecule has 5 heteroatoms. The van der Waals surface area contributed by atoms with Gasteiger partial charge in [-0.1, -0.05) is 0 Å². The fraction of sp³-hybridized carbons (Fsp3) is 0.600. The first kappa shape index (κ1) is 10.2. The lowest BCUT2D eigenvalue weighted by molar-refractivity contribution is 0.110. The second-order valence-electron chi connectivity index (χ2n) is 3.86. The van der Waals surface area contributed by atoms with Crippen molar-refractivity contribution in [2.24, 2.45) is 7.05 Å². The summed E-state index contributed by atoms with van der Waals surface area (Å²) >= 11 is 0. The number of nitrogen functional groups attached to an aromatic ring is 1. The molecule has 0 bridgehead atoms. The number of aromatic nitrogens is 2. The lowest BCUT2D eigenvalue weighted by Gasteiger charge is -2.09. The summed E-state index contributed by atoms with van der Waals surface area (Å²) in [6.07, 6.45) is 3.13. The third-order valence-electron chi connectivity index (χ3n) is 2.60. The van der Waals surface area contributed by atoms with E-state index in [1.807, 2.05) is 0 Å². The third kappa shape index (κ3) is 2.18. The number of anilines is 1. The van der Waals surface area contributed by atoms with Gasteiger partial charge in [0.15, 0.2) is 0 Å². The van der Waals surface area contributed by atoms with Gasteiger partial charge in [0.2, 0.25) is 0 Å². The predicted molar refractivity (Wildman–Crippen MR) is 56.6 cm³/mol. The number of aryl methyl sites for hydroxylation is 1. The van der Waals surface area contributed by atoms with E-state index in [1.54, 1.807) is 13.1 Å². The van der Waals surface area contributed by atoms with Gasteiger partial charge in [-0.15, -0.1) is 0 Å². The molecule has 15 heavy (non-hydrogen) atoms. The Morgan fingerprint density at radius 2 is 2.53 bits per heavy atom. The van der Waals surface area contributed by atoms with Crippen LogP contribution in [-0.2, 0) is 18.2 Å². The van der Waals surface area contributed by atoms with E-state index in [1.165, 1.54) is 4.68 Å². The molecule has 0 aromatic carbocycles. The van der Waals surface area contributed by atoms with Gasteiger partial charge in [-0.05, 0) is 18.9 Å². The number of hydrogen-bond donors (Lipinski definition) is 1. The van der Waals surface area contributed by atoms with Crippen molar-refractivity contribution in [3.05, 3.63) is 22.1 Å². The van der Waals surface area contributed by atoms with Crippen LogP contribution >= 0.6 is 0 Å². The molecule has 1 aliphatic heterocycles. The molecule has 1 unspecified atom stereocenters. The second kappa shape index (κ2) is 4.02. The maximum Gasteiger partial charge on any atom is 0.289 e. The molecule has 1 aromatic heterocycles. The van der Waals surface area contributed by atoms with E-state index in [4.69, 9.17) is 10.5 Å². The Kier molecular flexibility index (Phi) is 2.73. The molecule has 0 saturated carbocycles. The van der Waals surface area contributed by atoms with Crippen LogP contribution in [0.15, 0.2) is 10.9 Å². The summed E-state index contributed by atoms with van der Waals surface area (Å²) in [7, 11) is 1.61. The lowest BCUT2D eigenvalue weighted by Crippen LogP contribution is -2.25. The zero-order valence-corrected chi connectivity index (χ0v) is 8.77. The van der Waals surface area contributed by atoms with Gasteiger partial charge in [0, 0.05) is 20.1 Å². The molecule has 82 valence electrons. The average molecular weight is 209 g/mol. The highest BCUT2D eigenvalue weighted by molar-refractivity contribution is 5.35. The fourth-order valence-electron chi connectivity index (χ4n) is 1.83. The van der Waals surface area contributed by atoms with E-state index >= 15 is 0 Å². The van der Waals surface area contributed by atoms with Gasteiger partial charge in [-0.3, -0.25) is 4.79 Å². The van der Waals surface area contributed by atoms with Crippen LogP contribution in [0.3, 0.4) is 0 Å². The van der Waals surface area contributed by atoms with Crippen molar-refractivity contribution in [1.29, 1.82) is 0 Å². The van der Waals surface area contributed by atoms with Crippen molar-refractivity contribution < 1.29 is 4.74 Å². The Bertz CT molecular complexity index is 381. The van der Waals surface area contributed by atoms with Crippen LogP contribution in [0.2, 0.25) is 0 Å². The molecule has 2 rings (SSSR count). The Morgan fingerprint density at radius 3 is 3.13 bits per heavy atom. The van der Waals surface area contributed by atoms with Crippen molar-refractivity contribution >= 4 is 5.69 Å². The standard InChI is InChI=1S/C10H15N3O2/c1-13-10(14)9(11)6-7(12-13)5-8-3-2-4-15-8/h6,8H,2-5,11H2,1H3. The average Bonchev–Trinajstić information content (AvgIpc) is 2.66. The van der Waals surface area contributed by atoms with Crippen LogP contribution in [0, 0.1) is 0 Å². The number of nitrogens with two attached hydrogens (primary N) is 1. The van der Waals surface area contributed by atoms with E-state index in [2.05, 4.69) is 5.10 Å². The summed E-state index contributed by atoms with van der Waals surface area (Å²) in [5.41, 5.74) is 6.41. The first-order valence-electron chi connectivity index (χ1n) is 5.11. The SMILES string of the molecule is Cn1nc(CC2CCCO2)cc(N)c1=O. The summed E-state index contributed by atoms with van der Waals surface area (Å²) in [6.45, 7) is 0.825. The minimum Gasteiger partial charge on any atom is -0.394 e. The van der Waals surface area contributed by atoms with Crippen LogP contribution < -0.4 is 11.3 Å². The van der Waals surface area contributed by atoms with Crippen molar-refractivity contribution in [1.82, 2.24) is 9.78 Å². The summed E-state index contributed by atoms with van der Waals surface area (Å²) in [4.78, 5) is 11.3. The van der Waals surface area contributed by atoms with Crippen molar-refractivity contribution in [3.63, 3.8) is 0 Å². The van der Waals surface area contributed by atoms with Crippen LogP contribution in [0.4, 0.5) is 5.69 Å². The molecule has 2 N–H and O–H groups in total. The Hall–Kier alpha value is -1.36. The van der Waals surface area contributed by atoms with E-state index in [9.17, 15) is 4.79 Å². The van der Waals surface area contributed by atoms with Crippen molar-refractivity contribution in [3.8, 4) is 0 Å². The monoisotopic (exact) mass is 209 g/mol. The van der Waals surface area contributed by atoms with Gasteiger partial charge < -0.3 is 10.5 Å². The molecule has 1 fully saturated rings. The molecule has 1 atom stereocenters. The predicted octanol–water partition coefficient (Wildman–Crippen LogP) is 0.0840. The number of hydrogen-bond acceptors (Lipinski definition) is 4. The summed E-state index contributed by atoms with van der Waals surface area (Å²) in [5, 5.41) is 4.14. The van der Waals surface area contributed by atoms with Gasteiger partial charge in [-0.25, -0.2) is 4.68 Å². The first-order chi connectivity index (χ1) is 7.16. The van der Waals surface area contributed by atoms with Gasteiger partial charge in [0.25, 0.3) is 5.56 Å². The summed E-state index contributed by atoms with van der Waals surface area (Å²) in [6, 6.07) is 1.64. The van der Waals surface area contributed by atoms with Gasteiger partial charge in [0.05, 0.1) is 11.8 Å². The minimum absolute atomic E-state index is 0.231. The molecule has 1 aromatic rings. The molecule has 0 spiro atoms. The Balaban J connectivity index is 2.18. The fourth-order valence-corrected chi connectivity index (χ4v) is 1.83. The van der Waals surface area contributed by atoms with E-state index in [0.717, 1.165) is 31.6 Å². The number of nitrogens with zero attached hydrogens (tertiary/aromatic N) is 2. The zero-order chi connectivity index (χ0) is 10.8. The van der Waals surface area contributed by atoms with E-state index in [0.29, 0.717) is 0 Å². The molecular formula is C10H15N3O2.